The van der Waals surface area contributed by atoms with E-state index < -0.39 is 36.2 Å². The summed E-state index contributed by atoms with van der Waals surface area (Å²) >= 11 is 0. The number of epoxide rings is 1. The highest BCUT2D eigenvalue weighted by Crippen LogP contribution is 2.62. The number of ether oxygens (including phenoxy) is 1. The van der Waals surface area contributed by atoms with E-state index in [9.17, 15) is 48.3 Å². The van der Waals surface area contributed by atoms with Crippen LogP contribution in [0.25, 0.3) is 0 Å². The fourth-order valence-corrected chi connectivity index (χ4v) is 0.922. The van der Waals surface area contributed by atoms with Crippen LogP contribution in [0.1, 0.15) is 0 Å². The lowest BCUT2D eigenvalue weighted by atomic mass is 10.00. The van der Waals surface area contributed by atoms with Crippen molar-refractivity contribution in [1.82, 2.24) is 0 Å². The van der Waals surface area contributed by atoms with Crippen molar-refractivity contribution in [2.24, 2.45) is 0 Å². The Morgan fingerprint density at radius 3 is 1.33 bits per heavy atom. The molecule has 1 saturated heterocycles. The molecule has 1 heterocycles. The van der Waals surface area contributed by atoms with Gasteiger partial charge in [0.25, 0.3) is 6.36 Å². The maximum Gasteiger partial charge on any atom is 0.460 e. The van der Waals surface area contributed by atoms with E-state index in [-0.39, 0.29) is 0 Å². The Balaban J connectivity index is 3.22. The first-order valence-corrected chi connectivity index (χ1v) is 3.84. The van der Waals surface area contributed by atoms with E-state index in [1.165, 1.54) is 0 Å². The molecule has 12 heteroatoms. The van der Waals surface area contributed by atoms with Crippen molar-refractivity contribution in [3.8, 4) is 0 Å². The van der Waals surface area contributed by atoms with Crippen LogP contribution in [0, 0.1) is 0 Å². The third-order valence-corrected chi connectivity index (χ3v) is 2.08. The molecule has 0 aliphatic carbocycles. The Bertz CT molecular complexity index is 346. The maximum absolute atomic E-state index is 12.6. The zero-order valence-corrected chi connectivity index (χ0v) is 7.64. The Morgan fingerprint density at radius 1 is 0.778 bits per heavy atom. The first-order chi connectivity index (χ1) is 7.63. The predicted octanol–water partition coefficient (Wildman–Crippen LogP) is 3.45. The molecule has 0 aromatic rings. The number of hydrogen-bond acceptors (Lipinski definition) is 1. The number of hydrogen-bond donors (Lipinski definition) is 0. The molecule has 2 atom stereocenters. The lowest BCUT2D eigenvalue weighted by Gasteiger charge is -2.33. The molecule has 1 nitrogen and oxygen atoms in total. The number of halogens is 11. The molecule has 1 fully saturated rings. The molecular formula is C6HF11O. The third-order valence-electron chi connectivity index (χ3n) is 2.08. The summed E-state index contributed by atoms with van der Waals surface area (Å²) in [5, 5.41) is 0. The molecule has 0 aromatic heterocycles. The van der Waals surface area contributed by atoms with Gasteiger partial charge < -0.3 is 0 Å². The van der Waals surface area contributed by atoms with E-state index in [0.717, 1.165) is 0 Å². The summed E-state index contributed by atoms with van der Waals surface area (Å²) in [6.07, 6.45) is -10.8. The average Bonchev–Trinajstić information content (AvgIpc) is 2.73. The van der Waals surface area contributed by atoms with Gasteiger partial charge in [-0.25, -0.2) is 4.39 Å². The van der Waals surface area contributed by atoms with Crippen LogP contribution in [0.3, 0.4) is 0 Å². The van der Waals surface area contributed by atoms with Gasteiger partial charge >= 0.3 is 29.8 Å². The highest BCUT2D eigenvalue weighted by Gasteiger charge is 2.92. The first kappa shape index (κ1) is 15.2. The van der Waals surface area contributed by atoms with Gasteiger partial charge in [-0.05, 0) is 0 Å². The summed E-state index contributed by atoms with van der Waals surface area (Å²) in [4.78, 5) is 0. The van der Waals surface area contributed by atoms with Crippen LogP contribution in [0.5, 0.6) is 0 Å². The minimum atomic E-state index is -7.27. The summed E-state index contributed by atoms with van der Waals surface area (Å²) in [6, 6.07) is 0. The van der Waals surface area contributed by atoms with Gasteiger partial charge in [0.05, 0.1) is 0 Å². The largest absolute Gasteiger partial charge is 0.460 e. The van der Waals surface area contributed by atoms with Crippen LogP contribution < -0.4 is 0 Å². The quantitative estimate of drug-likeness (QED) is 0.574. The molecule has 1 aliphatic rings. The van der Waals surface area contributed by atoms with Crippen molar-refractivity contribution in [3.05, 3.63) is 0 Å². The molecule has 1 aliphatic heterocycles. The van der Waals surface area contributed by atoms with Crippen molar-refractivity contribution in [1.29, 1.82) is 0 Å². The lowest BCUT2D eigenvalue weighted by Crippen LogP contribution is -2.65. The monoisotopic (exact) mass is 298 g/mol. The van der Waals surface area contributed by atoms with Gasteiger partial charge in [-0.1, -0.05) is 0 Å². The molecule has 18 heavy (non-hydrogen) atoms. The number of rotatable bonds is 3. The predicted molar refractivity (Wildman–Crippen MR) is 30.7 cm³/mol. The zero-order chi connectivity index (χ0) is 14.8. The molecule has 0 aromatic carbocycles. The van der Waals surface area contributed by atoms with Gasteiger partial charge in [0.2, 0.25) is 0 Å². The molecule has 0 saturated carbocycles. The van der Waals surface area contributed by atoms with E-state index >= 15 is 0 Å². The summed E-state index contributed by atoms with van der Waals surface area (Å²) in [6.45, 7) is 0. The minimum absolute atomic E-state index is 2.70. The van der Waals surface area contributed by atoms with Crippen LogP contribution in [0.15, 0.2) is 0 Å². The molecule has 108 valence electrons. The second-order valence-corrected chi connectivity index (χ2v) is 3.30. The topological polar surface area (TPSA) is 12.5 Å². The van der Waals surface area contributed by atoms with Crippen molar-refractivity contribution in [2.75, 3.05) is 0 Å². The standard InChI is InChI=1S/C6HF11O/c7-1-2(8,18-1)3(9,10)4(11,12)5(13,14)6(15,16)17/h1H/t1-,2-/m0/s1. The van der Waals surface area contributed by atoms with Gasteiger partial charge in [0.1, 0.15) is 0 Å². The fraction of sp³-hybridized carbons (Fsp3) is 1.00. The maximum atomic E-state index is 12.6. The van der Waals surface area contributed by atoms with Crippen LogP contribution in [0.4, 0.5) is 48.3 Å². The van der Waals surface area contributed by atoms with Crippen molar-refractivity contribution in [2.45, 2.75) is 36.2 Å². The molecule has 0 radical (unpaired) electrons. The Kier molecular flexibility index (Phi) is 2.87. The Morgan fingerprint density at radius 2 is 1.11 bits per heavy atom. The van der Waals surface area contributed by atoms with Gasteiger partial charge in [0.15, 0.2) is 0 Å². The smallest absolute Gasteiger partial charge is 0.296 e. The molecule has 0 N–H and O–H groups in total. The summed E-state index contributed by atoms with van der Waals surface area (Å²) < 4.78 is 136. The van der Waals surface area contributed by atoms with Crippen LogP contribution in [-0.2, 0) is 4.74 Å². The fourth-order valence-electron chi connectivity index (χ4n) is 0.922. The summed E-state index contributed by atoms with van der Waals surface area (Å²) in [5.41, 5.74) is 0. The third kappa shape index (κ3) is 1.57. The minimum Gasteiger partial charge on any atom is -0.296 e. The van der Waals surface area contributed by atoms with Crippen LogP contribution in [0.2, 0.25) is 0 Å². The lowest BCUT2D eigenvalue weighted by molar-refractivity contribution is -0.410. The van der Waals surface area contributed by atoms with Crippen molar-refractivity contribution >= 4 is 0 Å². The van der Waals surface area contributed by atoms with Crippen molar-refractivity contribution < 1.29 is 53.0 Å². The highest BCUT2D eigenvalue weighted by molar-refractivity contribution is 5.12. The Hall–Kier alpha value is -0.810. The van der Waals surface area contributed by atoms with E-state index in [2.05, 4.69) is 4.74 Å². The first-order valence-electron chi connectivity index (χ1n) is 3.84. The van der Waals surface area contributed by atoms with E-state index in [4.69, 9.17) is 0 Å². The average molecular weight is 298 g/mol. The van der Waals surface area contributed by atoms with Crippen LogP contribution >= 0.6 is 0 Å². The normalized spacial score (nSPS) is 30.5. The molecule has 0 spiro atoms. The highest BCUT2D eigenvalue weighted by atomic mass is 19.4. The molecule has 0 bridgehead atoms. The van der Waals surface area contributed by atoms with Gasteiger partial charge in [0, 0.05) is 0 Å². The van der Waals surface area contributed by atoms with E-state index in [0.29, 0.717) is 0 Å². The molecular weight excluding hydrogens is 297 g/mol. The van der Waals surface area contributed by atoms with Gasteiger partial charge in [-0.15, -0.1) is 0 Å². The molecule has 0 unspecified atom stereocenters. The number of alkyl halides is 11. The summed E-state index contributed by atoms with van der Waals surface area (Å²) in [5.74, 6) is -26.4. The summed E-state index contributed by atoms with van der Waals surface area (Å²) in [7, 11) is 0. The SMILES string of the molecule is F[C@H]1O[C@]1(F)C(F)(F)C(F)(F)C(F)(F)C(F)(F)F. The van der Waals surface area contributed by atoms with Crippen molar-refractivity contribution in [3.63, 3.8) is 0 Å². The second kappa shape index (κ2) is 3.39. The van der Waals surface area contributed by atoms with Crippen LogP contribution in [-0.4, -0.2) is 36.2 Å². The molecule has 1 rings (SSSR count). The van der Waals surface area contributed by atoms with E-state index in [1.807, 2.05) is 0 Å². The van der Waals surface area contributed by atoms with Gasteiger partial charge in [-0.3, -0.25) is 4.74 Å². The Labute approximate surface area is 90.5 Å². The zero-order valence-electron chi connectivity index (χ0n) is 7.64. The second-order valence-electron chi connectivity index (χ2n) is 3.30. The molecule has 0 amide bonds. The van der Waals surface area contributed by atoms with Gasteiger partial charge in [-0.2, -0.15) is 43.9 Å². The van der Waals surface area contributed by atoms with E-state index in [1.54, 1.807) is 0 Å².